The maximum Gasteiger partial charge on any atom is 0.170 e. The largest absolute Gasteiger partial charge is 0.192 e. The second kappa shape index (κ2) is 4.41. The first kappa shape index (κ1) is 12.1. The average Bonchev–Trinajstić information content (AvgIpc) is 2.55. The summed E-state index contributed by atoms with van der Waals surface area (Å²) in [6, 6.07) is 18.1. The molecule has 0 radical (unpaired) electrons. The van der Waals surface area contributed by atoms with Gasteiger partial charge < -0.3 is 0 Å². The van der Waals surface area contributed by atoms with Crippen molar-refractivity contribution < 1.29 is 0 Å². The molecule has 0 atom stereocenters. The van der Waals surface area contributed by atoms with Crippen molar-refractivity contribution in [3.8, 4) is 6.07 Å². The molecule has 0 unspecified atom stereocenters. The van der Waals surface area contributed by atoms with Crippen LogP contribution in [0.2, 0.25) is 5.15 Å². The number of hydrogen-bond donors (Lipinski definition) is 0. The van der Waals surface area contributed by atoms with Crippen molar-refractivity contribution in [3.05, 3.63) is 59.2 Å². The molecule has 0 aliphatic heterocycles. The summed E-state index contributed by atoms with van der Waals surface area (Å²) in [6.07, 6.45) is 0. The fraction of sp³-hybridized carbons (Fsp3) is 0. The zero-order valence-corrected chi connectivity index (χ0v) is 11.6. The molecule has 3 aromatic carbocycles. The van der Waals surface area contributed by atoms with Crippen LogP contribution in [0.5, 0.6) is 0 Å². The molecule has 98 valence electrons. The third kappa shape index (κ3) is 1.60. The monoisotopic (exact) mass is 289 g/mol. The first-order chi connectivity index (χ1) is 10.3. The SMILES string of the molecule is N#Cc1c(Cl)nnc2c3ccccc3c3ccccc3c12. The first-order valence-corrected chi connectivity index (χ1v) is 6.84. The minimum absolute atomic E-state index is 0.144. The molecule has 0 saturated heterocycles. The summed E-state index contributed by atoms with van der Waals surface area (Å²) in [5.74, 6) is 0. The van der Waals surface area contributed by atoms with Crippen molar-refractivity contribution in [2.75, 3.05) is 0 Å². The zero-order chi connectivity index (χ0) is 14.4. The Kier molecular flexibility index (Phi) is 2.53. The predicted octanol–water partition coefficient (Wildman–Crippen LogP) is 4.46. The Bertz CT molecular complexity index is 1030. The van der Waals surface area contributed by atoms with Crippen molar-refractivity contribution in [1.82, 2.24) is 10.2 Å². The van der Waals surface area contributed by atoms with E-state index in [-0.39, 0.29) is 5.15 Å². The van der Waals surface area contributed by atoms with Gasteiger partial charge in [0.05, 0.1) is 0 Å². The van der Waals surface area contributed by atoms with Crippen LogP contribution in [0.25, 0.3) is 32.4 Å². The van der Waals surface area contributed by atoms with Gasteiger partial charge in [-0.05, 0) is 16.2 Å². The third-order valence-electron chi connectivity index (χ3n) is 3.71. The lowest BCUT2D eigenvalue weighted by molar-refractivity contribution is 1.08. The number of nitriles is 1. The van der Waals surface area contributed by atoms with E-state index in [1.165, 1.54) is 0 Å². The van der Waals surface area contributed by atoms with Gasteiger partial charge in [-0.15, -0.1) is 10.2 Å². The molecule has 0 amide bonds. The Morgan fingerprint density at radius 2 is 1.38 bits per heavy atom. The molecule has 21 heavy (non-hydrogen) atoms. The van der Waals surface area contributed by atoms with Gasteiger partial charge in [-0.1, -0.05) is 60.1 Å². The minimum atomic E-state index is 0.144. The Morgan fingerprint density at radius 3 is 2.05 bits per heavy atom. The normalized spacial score (nSPS) is 11.0. The molecule has 0 aliphatic carbocycles. The lowest BCUT2D eigenvalue weighted by atomic mass is 9.96. The van der Waals surface area contributed by atoms with Gasteiger partial charge in [0.2, 0.25) is 0 Å². The summed E-state index contributed by atoms with van der Waals surface area (Å²) < 4.78 is 0. The quantitative estimate of drug-likeness (QED) is 0.449. The van der Waals surface area contributed by atoms with Crippen molar-refractivity contribution in [1.29, 1.82) is 5.26 Å². The van der Waals surface area contributed by atoms with Crippen LogP contribution in [-0.4, -0.2) is 10.2 Å². The van der Waals surface area contributed by atoms with Gasteiger partial charge >= 0.3 is 0 Å². The predicted molar refractivity (Wildman–Crippen MR) is 84.3 cm³/mol. The fourth-order valence-corrected chi connectivity index (χ4v) is 3.00. The molecule has 3 nitrogen and oxygen atoms in total. The second-order valence-electron chi connectivity index (χ2n) is 4.79. The summed E-state index contributed by atoms with van der Waals surface area (Å²) in [5.41, 5.74) is 1.09. The minimum Gasteiger partial charge on any atom is -0.192 e. The summed E-state index contributed by atoms with van der Waals surface area (Å²) in [4.78, 5) is 0. The highest BCUT2D eigenvalue weighted by Gasteiger charge is 2.15. The molecule has 0 N–H and O–H groups in total. The van der Waals surface area contributed by atoms with Crippen LogP contribution >= 0.6 is 11.6 Å². The molecule has 1 aromatic heterocycles. The van der Waals surface area contributed by atoms with Gasteiger partial charge in [0.15, 0.2) is 5.15 Å². The molecule has 4 heteroatoms. The van der Waals surface area contributed by atoms with E-state index >= 15 is 0 Å². The molecular weight excluding hydrogens is 282 g/mol. The van der Waals surface area contributed by atoms with Crippen LogP contribution in [-0.2, 0) is 0 Å². The lowest BCUT2D eigenvalue weighted by Gasteiger charge is -2.10. The van der Waals surface area contributed by atoms with Crippen molar-refractivity contribution in [2.45, 2.75) is 0 Å². The Balaban J connectivity index is 2.47. The molecule has 0 fully saturated rings. The van der Waals surface area contributed by atoms with Crippen molar-refractivity contribution >= 4 is 44.0 Å². The molecule has 1 heterocycles. The Hall–Kier alpha value is -2.70. The van der Waals surface area contributed by atoms with Crippen LogP contribution in [0.15, 0.2) is 48.5 Å². The van der Waals surface area contributed by atoms with Gasteiger partial charge in [-0.25, -0.2) is 0 Å². The summed E-state index contributed by atoms with van der Waals surface area (Å²) in [7, 11) is 0. The van der Waals surface area contributed by atoms with Gasteiger partial charge in [0.1, 0.15) is 17.1 Å². The third-order valence-corrected chi connectivity index (χ3v) is 3.98. The van der Waals surface area contributed by atoms with Gasteiger partial charge in [0, 0.05) is 10.8 Å². The summed E-state index contributed by atoms with van der Waals surface area (Å²) in [5, 5.41) is 22.7. The standard InChI is InChI=1S/C17H8ClN3/c18-17-14(9-19)15-12-7-3-1-5-10(12)11-6-2-4-8-13(11)16(15)20-21-17/h1-8H. The Labute approximate surface area is 125 Å². The zero-order valence-electron chi connectivity index (χ0n) is 10.8. The van der Waals surface area contributed by atoms with Crippen LogP contribution < -0.4 is 0 Å². The van der Waals surface area contributed by atoms with Gasteiger partial charge in [0.25, 0.3) is 0 Å². The number of fused-ring (bicyclic) bond motifs is 6. The van der Waals surface area contributed by atoms with E-state index in [1.54, 1.807) is 0 Å². The number of rotatable bonds is 0. The van der Waals surface area contributed by atoms with E-state index in [1.807, 2.05) is 42.5 Å². The van der Waals surface area contributed by atoms with Crippen molar-refractivity contribution in [2.24, 2.45) is 0 Å². The van der Waals surface area contributed by atoms with E-state index in [9.17, 15) is 5.26 Å². The van der Waals surface area contributed by atoms with E-state index in [4.69, 9.17) is 11.6 Å². The van der Waals surface area contributed by atoms with Crippen LogP contribution in [0.3, 0.4) is 0 Å². The van der Waals surface area contributed by atoms with Crippen LogP contribution in [0.1, 0.15) is 5.56 Å². The van der Waals surface area contributed by atoms with Gasteiger partial charge in [-0.3, -0.25) is 0 Å². The second-order valence-corrected chi connectivity index (χ2v) is 5.15. The van der Waals surface area contributed by atoms with E-state index < -0.39 is 0 Å². The number of halogens is 1. The van der Waals surface area contributed by atoms with E-state index in [0.717, 1.165) is 26.9 Å². The van der Waals surface area contributed by atoms with Crippen LogP contribution in [0.4, 0.5) is 0 Å². The highest BCUT2D eigenvalue weighted by atomic mass is 35.5. The molecule has 0 spiro atoms. The molecule has 0 aliphatic rings. The molecule has 4 aromatic rings. The lowest BCUT2D eigenvalue weighted by Crippen LogP contribution is -1.93. The van der Waals surface area contributed by atoms with E-state index in [0.29, 0.717) is 11.1 Å². The summed E-state index contributed by atoms with van der Waals surface area (Å²) >= 11 is 6.06. The Morgan fingerprint density at radius 1 is 0.810 bits per heavy atom. The molecule has 0 saturated carbocycles. The molecular formula is C17H8ClN3. The van der Waals surface area contributed by atoms with Crippen molar-refractivity contribution in [3.63, 3.8) is 0 Å². The maximum absolute atomic E-state index is 9.45. The highest BCUT2D eigenvalue weighted by Crippen LogP contribution is 2.36. The average molecular weight is 290 g/mol. The number of benzene rings is 3. The fourth-order valence-electron chi connectivity index (χ4n) is 2.83. The highest BCUT2D eigenvalue weighted by molar-refractivity contribution is 6.33. The summed E-state index contributed by atoms with van der Waals surface area (Å²) in [6.45, 7) is 0. The number of hydrogen-bond acceptors (Lipinski definition) is 3. The number of nitrogens with zero attached hydrogens (tertiary/aromatic N) is 3. The molecule has 0 bridgehead atoms. The topological polar surface area (TPSA) is 49.6 Å². The van der Waals surface area contributed by atoms with Gasteiger partial charge in [-0.2, -0.15) is 5.26 Å². The smallest absolute Gasteiger partial charge is 0.170 e. The maximum atomic E-state index is 9.45. The number of aromatic nitrogens is 2. The first-order valence-electron chi connectivity index (χ1n) is 6.46. The van der Waals surface area contributed by atoms with E-state index in [2.05, 4.69) is 22.3 Å². The molecule has 4 rings (SSSR count). The van der Waals surface area contributed by atoms with Crippen LogP contribution in [0, 0.1) is 11.3 Å².